The zero-order valence-electron chi connectivity index (χ0n) is 10.4. The van der Waals surface area contributed by atoms with Crippen LogP contribution in [-0.4, -0.2) is 11.0 Å². The molecular weight excluding hydrogens is 276 g/mol. The molecular formula is C14H14N2OS2. The standard InChI is InChI=1S/C14H14N2OS2/c1-10(11-6-3-2-4-7-11)15-14(18)16-13(17)12-8-5-9-19-12/h2-10H,1H3,(H2,15,16,17,18). The smallest absolute Gasteiger partial charge is 0.267 e. The summed E-state index contributed by atoms with van der Waals surface area (Å²) < 4.78 is 0. The molecule has 1 aromatic carbocycles. The highest BCUT2D eigenvalue weighted by Gasteiger charge is 2.11. The van der Waals surface area contributed by atoms with Gasteiger partial charge in [-0.2, -0.15) is 0 Å². The number of rotatable bonds is 3. The van der Waals surface area contributed by atoms with Gasteiger partial charge < -0.3 is 5.32 Å². The molecule has 1 heterocycles. The van der Waals surface area contributed by atoms with Gasteiger partial charge in [0.05, 0.1) is 10.9 Å². The lowest BCUT2D eigenvalue weighted by molar-refractivity contribution is 0.0980. The first-order chi connectivity index (χ1) is 9.16. The molecule has 5 heteroatoms. The van der Waals surface area contributed by atoms with Crippen molar-refractivity contribution in [2.24, 2.45) is 0 Å². The summed E-state index contributed by atoms with van der Waals surface area (Å²) in [5.74, 6) is -0.173. The van der Waals surface area contributed by atoms with Crippen molar-refractivity contribution >= 4 is 34.6 Å². The monoisotopic (exact) mass is 290 g/mol. The van der Waals surface area contributed by atoms with Crippen LogP contribution in [0.5, 0.6) is 0 Å². The van der Waals surface area contributed by atoms with Gasteiger partial charge in [-0.1, -0.05) is 36.4 Å². The first-order valence-corrected chi connectivity index (χ1v) is 7.16. The van der Waals surface area contributed by atoms with E-state index in [-0.39, 0.29) is 11.9 Å². The topological polar surface area (TPSA) is 41.1 Å². The molecule has 0 saturated carbocycles. The van der Waals surface area contributed by atoms with Crippen molar-refractivity contribution in [1.29, 1.82) is 0 Å². The maximum Gasteiger partial charge on any atom is 0.267 e. The average Bonchev–Trinajstić information content (AvgIpc) is 2.93. The predicted octanol–water partition coefficient (Wildman–Crippen LogP) is 3.11. The Bertz CT molecular complexity index is 552. The first kappa shape index (κ1) is 13.7. The fourth-order valence-corrected chi connectivity index (χ4v) is 2.52. The van der Waals surface area contributed by atoms with E-state index in [4.69, 9.17) is 12.2 Å². The molecule has 98 valence electrons. The van der Waals surface area contributed by atoms with E-state index in [9.17, 15) is 4.79 Å². The summed E-state index contributed by atoms with van der Waals surface area (Å²) in [4.78, 5) is 12.5. The molecule has 1 amide bonds. The van der Waals surface area contributed by atoms with Gasteiger partial charge in [0.1, 0.15) is 0 Å². The van der Waals surface area contributed by atoms with Crippen molar-refractivity contribution in [2.75, 3.05) is 0 Å². The molecule has 2 N–H and O–H groups in total. The second kappa shape index (κ2) is 6.45. The number of thiocarbonyl (C=S) groups is 1. The van der Waals surface area contributed by atoms with Crippen molar-refractivity contribution in [2.45, 2.75) is 13.0 Å². The van der Waals surface area contributed by atoms with Crippen LogP contribution in [0.3, 0.4) is 0 Å². The van der Waals surface area contributed by atoms with Crippen LogP contribution in [0.1, 0.15) is 28.2 Å². The number of benzene rings is 1. The minimum absolute atomic E-state index is 0.0531. The van der Waals surface area contributed by atoms with Gasteiger partial charge in [-0.05, 0) is 36.2 Å². The Balaban J connectivity index is 1.90. The molecule has 3 nitrogen and oxygen atoms in total. The number of carbonyl (C=O) groups excluding carboxylic acids is 1. The molecule has 1 atom stereocenters. The molecule has 2 rings (SSSR count). The molecule has 0 aliphatic rings. The summed E-state index contributed by atoms with van der Waals surface area (Å²) in [6, 6.07) is 13.6. The van der Waals surface area contributed by atoms with E-state index < -0.39 is 0 Å². The maximum absolute atomic E-state index is 11.8. The van der Waals surface area contributed by atoms with Crippen LogP contribution >= 0.6 is 23.6 Å². The second-order valence-corrected chi connectivity index (χ2v) is 5.39. The van der Waals surface area contributed by atoms with Gasteiger partial charge in [0.25, 0.3) is 5.91 Å². The van der Waals surface area contributed by atoms with Gasteiger partial charge in [0, 0.05) is 0 Å². The second-order valence-electron chi connectivity index (χ2n) is 4.04. The van der Waals surface area contributed by atoms with Crippen LogP contribution in [0.4, 0.5) is 0 Å². The van der Waals surface area contributed by atoms with E-state index >= 15 is 0 Å². The summed E-state index contributed by atoms with van der Waals surface area (Å²) in [6.07, 6.45) is 0. The molecule has 1 aromatic heterocycles. The van der Waals surface area contributed by atoms with Gasteiger partial charge in [0.15, 0.2) is 5.11 Å². The minimum Gasteiger partial charge on any atom is -0.356 e. The van der Waals surface area contributed by atoms with Crippen molar-refractivity contribution < 1.29 is 4.79 Å². The third-order valence-electron chi connectivity index (χ3n) is 2.62. The summed E-state index contributed by atoms with van der Waals surface area (Å²) >= 11 is 6.53. The van der Waals surface area contributed by atoms with Gasteiger partial charge in [-0.3, -0.25) is 10.1 Å². The van der Waals surface area contributed by atoms with Gasteiger partial charge in [-0.15, -0.1) is 11.3 Å². The van der Waals surface area contributed by atoms with Crippen LogP contribution in [0.15, 0.2) is 47.8 Å². The third kappa shape index (κ3) is 3.87. The number of nitrogens with one attached hydrogen (secondary N) is 2. The Kier molecular flexibility index (Phi) is 4.65. The van der Waals surface area contributed by atoms with Crippen molar-refractivity contribution in [3.63, 3.8) is 0 Å². The molecule has 0 saturated heterocycles. The number of carbonyl (C=O) groups is 1. The minimum atomic E-state index is -0.173. The highest BCUT2D eigenvalue weighted by Crippen LogP contribution is 2.11. The summed E-state index contributed by atoms with van der Waals surface area (Å²) in [6.45, 7) is 2.00. The van der Waals surface area contributed by atoms with Crippen LogP contribution in [0.2, 0.25) is 0 Å². The molecule has 0 aliphatic carbocycles. The van der Waals surface area contributed by atoms with Crippen molar-refractivity contribution in [1.82, 2.24) is 10.6 Å². The number of thiophene rings is 1. The predicted molar refractivity (Wildman–Crippen MR) is 82.4 cm³/mol. The van der Waals surface area contributed by atoms with E-state index in [0.717, 1.165) is 5.56 Å². The lowest BCUT2D eigenvalue weighted by Crippen LogP contribution is -2.40. The van der Waals surface area contributed by atoms with Gasteiger partial charge >= 0.3 is 0 Å². The zero-order chi connectivity index (χ0) is 13.7. The zero-order valence-corrected chi connectivity index (χ0v) is 12.1. The molecule has 0 radical (unpaired) electrons. The van der Waals surface area contributed by atoms with E-state index in [1.165, 1.54) is 11.3 Å². The van der Waals surface area contributed by atoms with E-state index in [1.54, 1.807) is 6.07 Å². The van der Waals surface area contributed by atoms with Gasteiger partial charge in [0.2, 0.25) is 0 Å². The van der Waals surface area contributed by atoms with Crippen molar-refractivity contribution in [3.05, 3.63) is 58.3 Å². The van der Waals surface area contributed by atoms with E-state index in [2.05, 4.69) is 10.6 Å². The number of hydrogen-bond donors (Lipinski definition) is 2. The van der Waals surface area contributed by atoms with E-state index in [1.807, 2.05) is 48.7 Å². The third-order valence-corrected chi connectivity index (χ3v) is 3.71. The fraction of sp³-hybridized carbons (Fsp3) is 0.143. The van der Waals surface area contributed by atoms with Gasteiger partial charge in [-0.25, -0.2) is 0 Å². The Labute approximate surface area is 121 Å². The van der Waals surface area contributed by atoms with E-state index in [0.29, 0.717) is 9.99 Å². The quantitative estimate of drug-likeness (QED) is 0.853. The molecule has 1 unspecified atom stereocenters. The highest BCUT2D eigenvalue weighted by molar-refractivity contribution is 7.80. The van der Waals surface area contributed by atoms with Crippen LogP contribution in [0.25, 0.3) is 0 Å². The Morgan fingerprint density at radius 1 is 1.21 bits per heavy atom. The normalized spacial score (nSPS) is 11.6. The Morgan fingerprint density at radius 2 is 1.95 bits per heavy atom. The SMILES string of the molecule is CC(NC(=S)NC(=O)c1cccs1)c1ccccc1. The maximum atomic E-state index is 11.8. The Hall–Kier alpha value is -1.72. The van der Waals surface area contributed by atoms with Crippen LogP contribution < -0.4 is 10.6 Å². The average molecular weight is 290 g/mol. The summed E-state index contributed by atoms with van der Waals surface area (Å²) in [5.41, 5.74) is 1.12. The first-order valence-electron chi connectivity index (χ1n) is 5.87. The van der Waals surface area contributed by atoms with Crippen LogP contribution in [0, 0.1) is 0 Å². The molecule has 0 spiro atoms. The lowest BCUT2D eigenvalue weighted by atomic mass is 10.1. The molecule has 19 heavy (non-hydrogen) atoms. The fourth-order valence-electron chi connectivity index (χ4n) is 1.63. The lowest BCUT2D eigenvalue weighted by Gasteiger charge is -2.16. The van der Waals surface area contributed by atoms with Crippen molar-refractivity contribution in [3.8, 4) is 0 Å². The largest absolute Gasteiger partial charge is 0.356 e. The Morgan fingerprint density at radius 3 is 2.58 bits per heavy atom. The summed E-state index contributed by atoms with van der Waals surface area (Å²) in [5, 5.41) is 7.97. The molecule has 2 aromatic rings. The molecule has 0 bridgehead atoms. The summed E-state index contributed by atoms with van der Waals surface area (Å²) in [7, 11) is 0. The highest BCUT2D eigenvalue weighted by atomic mass is 32.1. The molecule has 0 aliphatic heterocycles. The number of amides is 1. The molecule has 0 fully saturated rings. The van der Waals surface area contributed by atoms with Crippen LogP contribution in [-0.2, 0) is 0 Å². The number of hydrogen-bond acceptors (Lipinski definition) is 3.